The highest BCUT2D eigenvalue weighted by molar-refractivity contribution is 5.54. The standard InChI is InChI=1S/C18H21FN6O2/c1-12-3-4-14(9-15(12)19)18-21-17(27-23-18)11-25-7-5-24(6-8-25)10-16-20-13(2)26-22-16/h3-4,9H,5-8,10-11H2,1-2H3. The van der Waals surface area contributed by atoms with Crippen molar-refractivity contribution in [2.24, 2.45) is 0 Å². The van der Waals surface area contributed by atoms with Gasteiger partial charge >= 0.3 is 0 Å². The van der Waals surface area contributed by atoms with E-state index in [9.17, 15) is 4.39 Å². The van der Waals surface area contributed by atoms with Crippen molar-refractivity contribution in [3.8, 4) is 11.4 Å². The fourth-order valence-electron chi connectivity index (χ4n) is 3.07. The molecule has 0 amide bonds. The number of aromatic nitrogens is 4. The Morgan fingerprint density at radius 2 is 1.70 bits per heavy atom. The highest BCUT2D eigenvalue weighted by Gasteiger charge is 2.21. The third-order valence-corrected chi connectivity index (χ3v) is 4.66. The number of hydrogen-bond donors (Lipinski definition) is 0. The lowest BCUT2D eigenvalue weighted by Crippen LogP contribution is -2.45. The summed E-state index contributed by atoms with van der Waals surface area (Å²) in [5.41, 5.74) is 1.21. The summed E-state index contributed by atoms with van der Waals surface area (Å²) in [5.74, 6) is 1.98. The number of rotatable bonds is 5. The number of halogens is 1. The Morgan fingerprint density at radius 1 is 0.963 bits per heavy atom. The average molecular weight is 372 g/mol. The molecule has 0 atom stereocenters. The molecule has 0 unspecified atom stereocenters. The van der Waals surface area contributed by atoms with Crippen LogP contribution in [0.25, 0.3) is 11.4 Å². The Kier molecular flexibility index (Phi) is 4.95. The first kappa shape index (κ1) is 17.7. The number of aryl methyl sites for hydroxylation is 2. The quantitative estimate of drug-likeness (QED) is 0.674. The van der Waals surface area contributed by atoms with Crippen molar-refractivity contribution in [1.29, 1.82) is 0 Å². The van der Waals surface area contributed by atoms with E-state index in [1.165, 1.54) is 6.07 Å². The van der Waals surface area contributed by atoms with Crippen LogP contribution < -0.4 is 0 Å². The maximum atomic E-state index is 13.7. The van der Waals surface area contributed by atoms with Crippen LogP contribution in [-0.4, -0.2) is 56.3 Å². The van der Waals surface area contributed by atoms with Crippen LogP contribution >= 0.6 is 0 Å². The van der Waals surface area contributed by atoms with Gasteiger partial charge in [-0.3, -0.25) is 9.80 Å². The van der Waals surface area contributed by atoms with E-state index >= 15 is 0 Å². The van der Waals surface area contributed by atoms with Crippen molar-refractivity contribution in [3.05, 3.63) is 47.2 Å². The summed E-state index contributed by atoms with van der Waals surface area (Å²) in [5, 5.41) is 7.92. The molecule has 8 nitrogen and oxygen atoms in total. The third-order valence-electron chi connectivity index (χ3n) is 4.66. The molecule has 1 aliphatic heterocycles. The van der Waals surface area contributed by atoms with Crippen molar-refractivity contribution in [2.45, 2.75) is 26.9 Å². The van der Waals surface area contributed by atoms with Crippen LogP contribution in [0.15, 0.2) is 27.2 Å². The molecule has 0 bridgehead atoms. The van der Waals surface area contributed by atoms with E-state index in [2.05, 4.69) is 30.1 Å². The van der Waals surface area contributed by atoms with Gasteiger partial charge in [-0.2, -0.15) is 9.97 Å². The molecule has 0 saturated carbocycles. The van der Waals surface area contributed by atoms with E-state index in [1.807, 2.05) is 0 Å². The maximum Gasteiger partial charge on any atom is 0.241 e. The second-order valence-electron chi connectivity index (χ2n) is 6.76. The Balaban J connectivity index is 1.31. The molecule has 0 spiro atoms. The van der Waals surface area contributed by atoms with Crippen LogP contribution in [-0.2, 0) is 13.1 Å². The molecule has 0 radical (unpaired) electrons. The Hall–Kier alpha value is -2.65. The largest absolute Gasteiger partial charge is 0.340 e. The van der Waals surface area contributed by atoms with Gasteiger partial charge in [0, 0.05) is 38.7 Å². The van der Waals surface area contributed by atoms with Crippen LogP contribution in [0.3, 0.4) is 0 Å². The Morgan fingerprint density at radius 3 is 2.37 bits per heavy atom. The number of hydrogen-bond acceptors (Lipinski definition) is 8. The summed E-state index contributed by atoms with van der Waals surface area (Å²) in [6.07, 6.45) is 0. The van der Waals surface area contributed by atoms with E-state index < -0.39 is 0 Å². The van der Waals surface area contributed by atoms with Crippen molar-refractivity contribution >= 4 is 0 Å². The molecule has 142 valence electrons. The molecule has 0 N–H and O–H groups in total. The molecule has 4 rings (SSSR count). The molecule has 3 heterocycles. The number of benzene rings is 1. The normalized spacial score (nSPS) is 16.1. The summed E-state index contributed by atoms with van der Waals surface area (Å²) in [4.78, 5) is 13.2. The second-order valence-corrected chi connectivity index (χ2v) is 6.76. The van der Waals surface area contributed by atoms with E-state index in [0.717, 1.165) is 26.2 Å². The van der Waals surface area contributed by atoms with Gasteiger partial charge in [-0.25, -0.2) is 4.39 Å². The first-order valence-electron chi connectivity index (χ1n) is 8.90. The second kappa shape index (κ2) is 7.53. The molecule has 1 aliphatic rings. The highest BCUT2D eigenvalue weighted by Crippen LogP contribution is 2.19. The smallest absolute Gasteiger partial charge is 0.241 e. The van der Waals surface area contributed by atoms with Crippen molar-refractivity contribution in [3.63, 3.8) is 0 Å². The van der Waals surface area contributed by atoms with Gasteiger partial charge in [-0.1, -0.05) is 22.4 Å². The molecule has 27 heavy (non-hydrogen) atoms. The van der Waals surface area contributed by atoms with Gasteiger partial charge in [0.15, 0.2) is 5.82 Å². The zero-order valence-electron chi connectivity index (χ0n) is 15.4. The van der Waals surface area contributed by atoms with Crippen molar-refractivity contribution < 1.29 is 13.4 Å². The van der Waals surface area contributed by atoms with Gasteiger partial charge in [-0.05, 0) is 18.6 Å². The monoisotopic (exact) mass is 372 g/mol. The zero-order chi connectivity index (χ0) is 18.8. The lowest BCUT2D eigenvalue weighted by molar-refractivity contribution is 0.109. The summed E-state index contributed by atoms with van der Waals surface area (Å²) in [6, 6.07) is 4.94. The van der Waals surface area contributed by atoms with Gasteiger partial charge in [-0.15, -0.1) is 0 Å². The minimum absolute atomic E-state index is 0.272. The fourth-order valence-corrected chi connectivity index (χ4v) is 3.07. The summed E-state index contributed by atoms with van der Waals surface area (Å²) in [7, 11) is 0. The maximum absolute atomic E-state index is 13.7. The minimum Gasteiger partial charge on any atom is -0.340 e. The zero-order valence-corrected chi connectivity index (χ0v) is 15.4. The van der Waals surface area contributed by atoms with E-state index in [0.29, 0.717) is 47.6 Å². The predicted octanol–water partition coefficient (Wildman–Crippen LogP) is 2.19. The number of nitrogens with zero attached hydrogens (tertiary/aromatic N) is 6. The predicted molar refractivity (Wildman–Crippen MR) is 94.0 cm³/mol. The number of piperazine rings is 1. The van der Waals surface area contributed by atoms with Crippen molar-refractivity contribution in [2.75, 3.05) is 26.2 Å². The third kappa shape index (κ3) is 4.20. The van der Waals surface area contributed by atoms with E-state index in [1.54, 1.807) is 26.0 Å². The summed E-state index contributed by atoms with van der Waals surface area (Å²) in [6.45, 7) is 8.35. The van der Waals surface area contributed by atoms with Crippen LogP contribution in [0.2, 0.25) is 0 Å². The highest BCUT2D eigenvalue weighted by atomic mass is 19.1. The Labute approximate surface area is 156 Å². The SMILES string of the molecule is Cc1nc(CN2CCN(Cc3nc(-c4ccc(C)c(F)c4)no3)CC2)no1. The van der Waals surface area contributed by atoms with Gasteiger partial charge in [0.2, 0.25) is 17.6 Å². The lowest BCUT2D eigenvalue weighted by Gasteiger charge is -2.33. The molecule has 1 aromatic carbocycles. The molecule has 0 aliphatic carbocycles. The van der Waals surface area contributed by atoms with Gasteiger partial charge in [0.1, 0.15) is 5.82 Å². The first-order chi connectivity index (χ1) is 13.1. The molecule has 1 saturated heterocycles. The van der Waals surface area contributed by atoms with Crippen LogP contribution in [0.5, 0.6) is 0 Å². The van der Waals surface area contributed by atoms with Gasteiger partial charge in [0.25, 0.3) is 0 Å². The Bertz CT molecular complexity index is 916. The molecule has 1 fully saturated rings. The topological polar surface area (TPSA) is 84.3 Å². The molecular weight excluding hydrogens is 351 g/mol. The van der Waals surface area contributed by atoms with Crippen LogP contribution in [0.4, 0.5) is 4.39 Å². The van der Waals surface area contributed by atoms with Crippen molar-refractivity contribution in [1.82, 2.24) is 30.1 Å². The lowest BCUT2D eigenvalue weighted by atomic mass is 10.1. The van der Waals surface area contributed by atoms with E-state index in [4.69, 9.17) is 9.05 Å². The van der Waals surface area contributed by atoms with Crippen LogP contribution in [0, 0.1) is 19.7 Å². The fraction of sp³-hybridized carbons (Fsp3) is 0.444. The summed E-state index contributed by atoms with van der Waals surface area (Å²) < 4.78 is 24.1. The van der Waals surface area contributed by atoms with Gasteiger partial charge < -0.3 is 9.05 Å². The first-order valence-corrected chi connectivity index (χ1v) is 8.90. The average Bonchev–Trinajstić information content (AvgIpc) is 3.28. The molecule has 2 aromatic heterocycles. The minimum atomic E-state index is -0.272. The van der Waals surface area contributed by atoms with Crippen LogP contribution in [0.1, 0.15) is 23.2 Å². The summed E-state index contributed by atoms with van der Waals surface area (Å²) >= 11 is 0. The molecular formula is C18H21FN6O2. The van der Waals surface area contributed by atoms with Gasteiger partial charge in [0.05, 0.1) is 13.1 Å². The molecule has 9 heteroatoms. The van der Waals surface area contributed by atoms with E-state index in [-0.39, 0.29) is 5.82 Å². The molecule has 3 aromatic rings.